The van der Waals surface area contributed by atoms with Crippen molar-refractivity contribution in [1.29, 1.82) is 0 Å². The van der Waals surface area contributed by atoms with Crippen molar-refractivity contribution >= 4 is 23.4 Å². The van der Waals surface area contributed by atoms with Gasteiger partial charge < -0.3 is 19.3 Å². The first-order chi connectivity index (χ1) is 14.9. The van der Waals surface area contributed by atoms with Crippen molar-refractivity contribution in [3.05, 3.63) is 81.2 Å². The summed E-state index contributed by atoms with van der Waals surface area (Å²) in [6, 6.07) is 10.9. The highest BCUT2D eigenvalue weighted by atomic mass is 16.6. The Morgan fingerprint density at radius 3 is 2.55 bits per heavy atom. The van der Waals surface area contributed by atoms with Crippen molar-refractivity contribution in [3.8, 4) is 11.5 Å². The predicted molar refractivity (Wildman–Crippen MR) is 114 cm³/mol. The maximum atomic E-state index is 12.1. The lowest BCUT2D eigenvalue weighted by atomic mass is 10.1. The molecule has 1 aromatic heterocycles. The number of non-ortho nitro benzene ring substituents is 1. The number of nitrogens with zero attached hydrogens (tertiary/aromatic N) is 2. The average molecular weight is 423 g/mol. The number of nitrogens with one attached hydrogen (secondary N) is 1. The molecule has 0 fully saturated rings. The smallest absolute Gasteiger partial charge is 0.269 e. The minimum atomic E-state index is -0.499. The molecule has 31 heavy (non-hydrogen) atoms. The molecule has 1 amide bonds. The standard InChI is InChI=1S/C22H21N3O6/c1-14-19(15(2)31-24-14)13-30-20-10-4-16(12-21(20)29-3)5-11-22(26)23-17-6-8-18(9-7-17)25(27)28/h4-12H,13H2,1-3H3,(H,23,26). The van der Waals surface area contributed by atoms with E-state index >= 15 is 0 Å². The molecule has 9 heteroatoms. The van der Waals surface area contributed by atoms with Crippen LogP contribution in [0.2, 0.25) is 0 Å². The maximum Gasteiger partial charge on any atom is 0.269 e. The number of aromatic nitrogens is 1. The van der Waals surface area contributed by atoms with Gasteiger partial charge in [-0.05, 0) is 49.8 Å². The van der Waals surface area contributed by atoms with E-state index in [0.29, 0.717) is 29.6 Å². The third kappa shape index (κ3) is 5.47. The summed E-state index contributed by atoms with van der Waals surface area (Å²) in [6.07, 6.45) is 2.99. The summed E-state index contributed by atoms with van der Waals surface area (Å²) in [6.45, 7) is 3.97. The van der Waals surface area contributed by atoms with Crippen LogP contribution in [-0.4, -0.2) is 23.1 Å². The molecule has 0 atom stereocenters. The fourth-order valence-electron chi connectivity index (χ4n) is 2.79. The van der Waals surface area contributed by atoms with Crippen LogP contribution in [0.25, 0.3) is 6.08 Å². The van der Waals surface area contributed by atoms with Crippen LogP contribution in [0.15, 0.2) is 53.1 Å². The van der Waals surface area contributed by atoms with Crippen molar-refractivity contribution in [2.24, 2.45) is 0 Å². The number of hydrogen-bond donors (Lipinski definition) is 1. The molecular formula is C22H21N3O6. The molecular weight excluding hydrogens is 402 g/mol. The van der Waals surface area contributed by atoms with E-state index < -0.39 is 4.92 Å². The van der Waals surface area contributed by atoms with Gasteiger partial charge >= 0.3 is 0 Å². The average Bonchev–Trinajstić information content (AvgIpc) is 3.08. The van der Waals surface area contributed by atoms with Gasteiger partial charge in [0.15, 0.2) is 11.5 Å². The van der Waals surface area contributed by atoms with E-state index in [1.54, 1.807) is 24.3 Å². The summed E-state index contributed by atoms with van der Waals surface area (Å²) in [7, 11) is 1.53. The molecule has 0 aliphatic heterocycles. The quantitative estimate of drug-likeness (QED) is 0.323. The number of nitro benzene ring substituents is 1. The fourth-order valence-corrected chi connectivity index (χ4v) is 2.79. The lowest BCUT2D eigenvalue weighted by Gasteiger charge is -2.11. The Morgan fingerprint density at radius 1 is 1.19 bits per heavy atom. The van der Waals surface area contributed by atoms with Gasteiger partial charge in [-0.3, -0.25) is 14.9 Å². The Labute approximate surface area is 178 Å². The summed E-state index contributed by atoms with van der Waals surface area (Å²) < 4.78 is 16.4. The highest BCUT2D eigenvalue weighted by Crippen LogP contribution is 2.30. The van der Waals surface area contributed by atoms with Crippen molar-refractivity contribution in [1.82, 2.24) is 5.16 Å². The van der Waals surface area contributed by atoms with E-state index in [1.807, 2.05) is 13.8 Å². The fraction of sp³-hybridized carbons (Fsp3) is 0.182. The van der Waals surface area contributed by atoms with Crippen LogP contribution >= 0.6 is 0 Å². The first kappa shape index (κ1) is 21.6. The van der Waals surface area contributed by atoms with Gasteiger partial charge in [-0.2, -0.15) is 0 Å². The molecule has 0 saturated heterocycles. The summed E-state index contributed by atoms with van der Waals surface area (Å²) >= 11 is 0. The van der Waals surface area contributed by atoms with E-state index in [2.05, 4.69) is 10.5 Å². The first-order valence-electron chi connectivity index (χ1n) is 9.33. The Balaban J connectivity index is 1.63. The number of nitro groups is 1. The van der Waals surface area contributed by atoms with Gasteiger partial charge in [0, 0.05) is 23.9 Å². The van der Waals surface area contributed by atoms with Crippen LogP contribution in [0, 0.1) is 24.0 Å². The SMILES string of the molecule is COc1cc(C=CC(=O)Nc2ccc([N+](=O)[O-])cc2)ccc1OCc1c(C)noc1C. The minimum absolute atomic E-state index is 0.0442. The largest absolute Gasteiger partial charge is 0.493 e. The van der Waals surface area contributed by atoms with Gasteiger partial charge in [-0.15, -0.1) is 0 Å². The Hall–Kier alpha value is -4.14. The second-order valence-electron chi connectivity index (χ2n) is 6.63. The van der Waals surface area contributed by atoms with E-state index in [9.17, 15) is 14.9 Å². The molecule has 3 rings (SSSR count). The van der Waals surface area contributed by atoms with E-state index in [-0.39, 0.29) is 11.6 Å². The Bertz CT molecular complexity index is 1100. The molecule has 0 aliphatic carbocycles. The van der Waals surface area contributed by atoms with Crippen molar-refractivity contribution in [2.75, 3.05) is 12.4 Å². The molecule has 0 spiro atoms. The number of anilines is 1. The molecule has 3 aromatic rings. The zero-order valence-corrected chi connectivity index (χ0v) is 17.2. The number of rotatable bonds is 8. The summed E-state index contributed by atoms with van der Waals surface area (Å²) in [5.74, 6) is 1.40. The molecule has 0 bridgehead atoms. The summed E-state index contributed by atoms with van der Waals surface area (Å²) in [5.41, 5.74) is 2.81. The van der Waals surface area contributed by atoms with Gasteiger partial charge in [0.1, 0.15) is 12.4 Å². The van der Waals surface area contributed by atoms with Crippen molar-refractivity contribution in [3.63, 3.8) is 0 Å². The van der Waals surface area contributed by atoms with E-state index in [1.165, 1.54) is 37.5 Å². The molecule has 0 radical (unpaired) electrons. The molecule has 2 aromatic carbocycles. The monoisotopic (exact) mass is 423 g/mol. The van der Waals surface area contributed by atoms with Crippen LogP contribution < -0.4 is 14.8 Å². The molecule has 0 unspecified atom stereocenters. The van der Waals surface area contributed by atoms with Crippen LogP contribution in [0.5, 0.6) is 11.5 Å². The van der Waals surface area contributed by atoms with Gasteiger partial charge in [0.05, 0.1) is 23.3 Å². The number of aryl methyl sites for hydroxylation is 2. The third-order valence-corrected chi connectivity index (χ3v) is 4.51. The van der Waals surface area contributed by atoms with Crippen LogP contribution in [0.1, 0.15) is 22.6 Å². The second-order valence-corrected chi connectivity index (χ2v) is 6.63. The normalized spacial score (nSPS) is 10.8. The van der Waals surface area contributed by atoms with Crippen molar-refractivity contribution in [2.45, 2.75) is 20.5 Å². The number of methoxy groups -OCH3 is 1. The zero-order chi connectivity index (χ0) is 22.4. The predicted octanol–water partition coefficient (Wildman–Crippen LogP) is 4.44. The number of carbonyl (C=O) groups excluding carboxylic acids is 1. The Kier molecular flexibility index (Phi) is 6.66. The molecule has 1 N–H and O–H groups in total. The zero-order valence-electron chi connectivity index (χ0n) is 17.2. The van der Waals surface area contributed by atoms with Gasteiger partial charge in [0.2, 0.25) is 5.91 Å². The van der Waals surface area contributed by atoms with Crippen molar-refractivity contribution < 1.29 is 23.7 Å². The van der Waals surface area contributed by atoms with Crippen LogP contribution in [0.3, 0.4) is 0 Å². The lowest BCUT2D eigenvalue weighted by molar-refractivity contribution is -0.384. The molecule has 0 saturated carbocycles. The molecule has 160 valence electrons. The highest BCUT2D eigenvalue weighted by Gasteiger charge is 2.12. The summed E-state index contributed by atoms with van der Waals surface area (Å²) in [5, 5.41) is 17.2. The van der Waals surface area contributed by atoms with Gasteiger partial charge in [-0.1, -0.05) is 11.2 Å². The first-order valence-corrected chi connectivity index (χ1v) is 9.33. The van der Waals surface area contributed by atoms with E-state index in [4.69, 9.17) is 14.0 Å². The van der Waals surface area contributed by atoms with Crippen LogP contribution in [0.4, 0.5) is 11.4 Å². The second kappa shape index (κ2) is 9.57. The third-order valence-electron chi connectivity index (χ3n) is 4.51. The van der Waals surface area contributed by atoms with Gasteiger partial charge in [0.25, 0.3) is 5.69 Å². The lowest BCUT2D eigenvalue weighted by Crippen LogP contribution is -2.07. The Morgan fingerprint density at radius 2 is 1.94 bits per heavy atom. The number of benzene rings is 2. The molecule has 0 aliphatic rings. The number of ether oxygens (including phenoxy) is 2. The number of hydrogen-bond acceptors (Lipinski definition) is 7. The number of amides is 1. The van der Waals surface area contributed by atoms with Gasteiger partial charge in [-0.25, -0.2) is 0 Å². The minimum Gasteiger partial charge on any atom is -0.493 e. The topological polar surface area (TPSA) is 117 Å². The molecule has 9 nitrogen and oxygen atoms in total. The number of carbonyl (C=O) groups is 1. The van der Waals surface area contributed by atoms with E-state index in [0.717, 1.165) is 16.8 Å². The maximum absolute atomic E-state index is 12.1. The van der Waals surface area contributed by atoms with Crippen LogP contribution in [-0.2, 0) is 11.4 Å². The highest BCUT2D eigenvalue weighted by molar-refractivity contribution is 6.02. The molecule has 1 heterocycles. The summed E-state index contributed by atoms with van der Waals surface area (Å²) in [4.78, 5) is 22.3.